The summed E-state index contributed by atoms with van der Waals surface area (Å²) in [5.74, 6) is 1.58. The minimum atomic E-state index is -0.110. The van der Waals surface area contributed by atoms with Crippen LogP contribution in [-0.2, 0) is 19.6 Å². The Morgan fingerprint density at radius 3 is 2.69 bits per heavy atom. The molecule has 5 rings (SSSR count). The zero-order chi connectivity index (χ0) is 24.2. The van der Waals surface area contributed by atoms with Crippen molar-refractivity contribution in [1.29, 1.82) is 0 Å². The number of pyridine rings is 1. The van der Waals surface area contributed by atoms with Gasteiger partial charge in [-0.15, -0.1) is 5.10 Å². The highest BCUT2D eigenvalue weighted by Crippen LogP contribution is 2.30. The van der Waals surface area contributed by atoms with Crippen LogP contribution in [-0.4, -0.2) is 36.7 Å². The van der Waals surface area contributed by atoms with E-state index in [4.69, 9.17) is 16.3 Å². The lowest BCUT2D eigenvalue weighted by molar-refractivity contribution is 0.232. The summed E-state index contributed by atoms with van der Waals surface area (Å²) >= 11 is 6.49. The van der Waals surface area contributed by atoms with Gasteiger partial charge in [-0.1, -0.05) is 42.6 Å². The Morgan fingerprint density at radius 1 is 1.09 bits per heavy atom. The van der Waals surface area contributed by atoms with Crippen LogP contribution in [0.1, 0.15) is 55.6 Å². The lowest BCUT2D eigenvalue weighted by atomic mass is 10.1. The SMILES string of the molecule is CCOc1ccc2[nH]c(=O)c(CN(Cc3ccccc3Cl)Cc3nnnn3C3CCCC3)cc2c1. The first kappa shape index (κ1) is 23.5. The van der Waals surface area contributed by atoms with Crippen molar-refractivity contribution in [3.63, 3.8) is 0 Å². The zero-order valence-electron chi connectivity index (χ0n) is 19.8. The molecule has 0 unspecified atom stereocenters. The van der Waals surface area contributed by atoms with E-state index in [9.17, 15) is 4.79 Å². The quantitative estimate of drug-likeness (QED) is 0.358. The maximum Gasteiger partial charge on any atom is 0.252 e. The molecule has 0 bridgehead atoms. The molecule has 0 atom stereocenters. The Hall–Kier alpha value is -3.23. The summed E-state index contributed by atoms with van der Waals surface area (Å²) in [6, 6.07) is 15.8. The van der Waals surface area contributed by atoms with Crippen LogP contribution in [0.2, 0.25) is 5.02 Å². The van der Waals surface area contributed by atoms with Crippen molar-refractivity contribution in [3.8, 4) is 5.75 Å². The van der Waals surface area contributed by atoms with Gasteiger partial charge in [0.2, 0.25) is 0 Å². The first-order valence-electron chi connectivity index (χ1n) is 12.1. The number of H-pyrrole nitrogens is 1. The number of nitrogens with zero attached hydrogens (tertiary/aromatic N) is 5. The van der Waals surface area contributed by atoms with Crippen LogP contribution in [0.4, 0.5) is 0 Å². The number of halogens is 1. The van der Waals surface area contributed by atoms with Crippen LogP contribution in [0.25, 0.3) is 10.9 Å². The van der Waals surface area contributed by atoms with Gasteiger partial charge in [0.25, 0.3) is 5.56 Å². The third-order valence-corrected chi connectivity index (χ3v) is 6.91. The molecule has 1 aliphatic rings. The van der Waals surface area contributed by atoms with Crippen molar-refractivity contribution in [1.82, 2.24) is 30.1 Å². The highest BCUT2D eigenvalue weighted by Gasteiger charge is 2.23. The Balaban J connectivity index is 1.47. The summed E-state index contributed by atoms with van der Waals surface area (Å²) < 4.78 is 7.61. The fourth-order valence-corrected chi connectivity index (χ4v) is 5.02. The van der Waals surface area contributed by atoms with Gasteiger partial charge in [0.15, 0.2) is 5.82 Å². The molecule has 0 spiro atoms. The van der Waals surface area contributed by atoms with Crippen molar-refractivity contribution in [2.24, 2.45) is 0 Å². The second-order valence-electron chi connectivity index (χ2n) is 9.02. The van der Waals surface area contributed by atoms with E-state index in [1.54, 1.807) is 0 Å². The van der Waals surface area contributed by atoms with Gasteiger partial charge >= 0.3 is 0 Å². The van der Waals surface area contributed by atoms with Gasteiger partial charge in [-0.25, -0.2) is 4.68 Å². The molecule has 1 fully saturated rings. The van der Waals surface area contributed by atoms with Crippen LogP contribution < -0.4 is 10.3 Å². The maximum atomic E-state index is 13.0. The molecule has 182 valence electrons. The van der Waals surface area contributed by atoms with E-state index < -0.39 is 0 Å². The predicted octanol–water partition coefficient (Wildman–Crippen LogP) is 4.88. The van der Waals surface area contributed by atoms with Gasteiger partial charge < -0.3 is 9.72 Å². The van der Waals surface area contributed by atoms with E-state index >= 15 is 0 Å². The zero-order valence-corrected chi connectivity index (χ0v) is 20.5. The molecule has 0 aliphatic heterocycles. The highest BCUT2D eigenvalue weighted by atomic mass is 35.5. The van der Waals surface area contributed by atoms with Crippen LogP contribution >= 0.6 is 11.6 Å². The molecule has 1 N–H and O–H groups in total. The van der Waals surface area contributed by atoms with Gasteiger partial charge in [0.05, 0.1) is 19.2 Å². The van der Waals surface area contributed by atoms with Crippen molar-refractivity contribution in [2.45, 2.75) is 58.3 Å². The van der Waals surface area contributed by atoms with Crippen LogP contribution in [0, 0.1) is 0 Å². The van der Waals surface area contributed by atoms with Gasteiger partial charge in [-0.05, 0) is 66.1 Å². The average Bonchev–Trinajstić information content (AvgIpc) is 3.53. The summed E-state index contributed by atoms with van der Waals surface area (Å²) in [5.41, 5.74) is 2.33. The molecule has 4 aromatic rings. The van der Waals surface area contributed by atoms with Gasteiger partial charge in [0, 0.05) is 34.6 Å². The van der Waals surface area contributed by atoms with Crippen molar-refractivity contribution < 1.29 is 4.74 Å². The average molecular weight is 493 g/mol. The number of benzene rings is 2. The summed E-state index contributed by atoms with van der Waals surface area (Å²) in [6.45, 7) is 4.03. The highest BCUT2D eigenvalue weighted by molar-refractivity contribution is 6.31. The number of hydrogen-bond donors (Lipinski definition) is 1. The van der Waals surface area contributed by atoms with E-state index in [1.807, 2.05) is 60.1 Å². The van der Waals surface area contributed by atoms with E-state index in [0.717, 1.165) is 40.9 Å². The number of tetrazole rings is 1. The molecule has 1 saturated carbocycles. The number of aromatic nitrogens is 5. The fraction of sp³-hybridized carbons (Fsp3) is 0.385. The number of fused-ring (bicyclic) bond motifs is 1. The molecule has 35 heavy (non-hydrogen) atoms. The smallest absolute Gasteiger partial charge is 0.252 e. The van der Waals surface area contributed by atoms with E-state index in [2.05, 4.69) is 25.4 Å². The van der Waals surface area contributed by atoms with Crippen LogP contribution in [0.15, 0.2) is 53.3 Å². The Kier molecular flexibility index (Phi) is 7.11. The first-order valence-corrected chi connectivity index (χ1v) is 12.5. The number of hydrogen-bond acceptors (Lipinski definition) is 6. The molecule has 2 aromatic heterocycles. The molecule has 0 radical (unpaired) electrons. The van der Waals surface area contributed by atoms with Crippen molar-refractivity contribution in [2.75, 3.05) is 6.61 Å². The Morgan fingerprint density at radius 2 is 1.89 bits per heavy atom. The number of nitrogens with one attached hydrogen (secondary N) is 1. The molecule has 8 nitrogen and oxygen atoms in total. The van der Waals surface area contributed by atoms with Crippen LogP contribution in [0.3, 0.4) is 0 Å². The van der Waals surface area contributed by atoms with Crippen molar-refractivity contribution in [3.05, 3.63) is 80.9 Å². The first-order chi connectivity index (χ1) is 17.1. The molecule has 0 amide bonds. The predicted molar refractivity (Wildman–Crippen MR) is 135 cm³/mol. The Labute approximate surface area is 208 Å². The fourth-order valence-electron chi connectivity index (χ4n) is 4.83. The summed E-state index contributed by atoms with van der Waals surface area (Å²) in [6.07, 6.45) is 4.58. The number of rotatable bonds is 9. The number of ether oxygens (including phenoxy) is 1. The normalized spacial score (nSPS) is 14.3. The molecule has 2 aromatic carbocycles. The molecule has 9 heteroatoms. The Bertz CT molecular complexity index is 1360. The second kappa shape index (κ2) is 10.6. The second-order valence-corrected chi connectivity index (χ2v) is 9.43. The van der Waals surface area contributed by atoms with Gasteiger partial charge in [-0.3, -0.25) is 9.69 Å². The summed E-state index contributed by atoms with van der Waals surface area (Å²) in [7, 11) is 0. The van der Waals surface area contributed by atoms with E-state index in [1.165, 1.54) is 12.8 Å². The monoisotopic (exact) mass is 492 g/mol. The molecule has 1 aliphatic carbocycles. The van der Waals surface area contributed by atoms with Gasteiger partial charge in [0.1, 0.15) is 5.75 Å². The van der Waals surface area contributed by atoms with Gasteiger partial charge in [-0.2, -0.15) is 0 Å². The van der Waals surface area contributed by atoms with E-state index in [0.29, 0.717) is 42.9 Å². The van der Waals surface area contributed by atoms with Crippen molar-refractivity contribution >= 4 is 22.5 Å². The lowest BCUT2D eigenvalue weighted by Gasteiger charge is -2.23. The summed E-state index contributed by atoms with van der Waals surface area (Å²) in [5, 5.41) is 14.2. The molecule has 2 heterocycles. The molecule has 0 saturated heterocycles. The maximum absolute atomic E-state index is 13.0. The van der Waals surface area contributed by atoms with Crippen LogP contribution in [0.5, 0.6) is 5.75 Å². The molecular formula is C26H29ClN6O2. The number of aromatic amines is 1. The summed E-state index contributed by atoms with van der Waals surface area (Å²) in [4.78, 5) is 18.2. The standard InChI is InChI=1S/C26H29ClN6O2/c1-2-35-22-11-12-24-19(14-22)13-20(26(34)28-24)16-32(15-18-7-3-6-10-23(18)27)17-25-29-30-31-33(25)21-8-4-5-9-21/h3,6-7,10-14,21H,2,4-5,8-9,15-17H2,1H3,(H,28,34). The third-order valence-electron chi connectivity index (χ3n) is 6.55. The largest absolute Gasteiger partial charge is 0.494 e. The topological polar surface area (TPSA) is 88.9 Å². The minimum Gasteiger partial charge on any atom is -0.494 e. The third kappa shape index (κ3) is 5.39. The minimum absolute atomic E-state index is 0.110. The van der Waals surface area contributed by atoms with E-state index in [-0.39, 0.29) is 5.56 Å². The molecular weight excluding hydrogens is 464 g/mol. The lowest BCUT2D eigenvalue weighted by Crippen LogP contribution is -2.28.